The molecule has 1 aromatic heterocycles. The van der Waals surface area contributed by atoms with Gasteiger partial charge in [-0.2, -0.15) is 0 Å². The van der Waals surface area contributed by atoms with Crippen LogP contribution in [0, 0.1) is 0 Å². The van der Waals surface area contributed by atoms with Crippen LogP contribution in [0.4, 0.5) is 0 Å². The first kappa shape index (κ1) is 17.0. The molecule has 0 aliphatic heterocycles. The van der Waals surface area contributed by atoms with Gasteiger partial charge in [0, 0.05) is 23.0 Å². The Morgan fingerprint density at radius 3 is 2.36 bits per heavy atom. The minimum absolute atomic E-state index is 0.199. The third-order valence-corrected chi connectivity index (χ3v) is 3.75. The van der Waals surface area contributed by atoms with Gasteiger partial charge in [-0.05, 0) is 48.0 Å². The fourth-order valence-electron chi connectivity index (χ4n) is 2.15. The number of nitrogens with zero attached hydrogens (tertiary/aromatic N) is 1. The Morgan fingerprint density at radius 2 is 1.68 bits per heavy atom. The summed E-state index contributed by atoms with van der Waals surface area (Å²) >= 11 is 5.80. The molecule has 0 radical (unpaired) electrons. The van der Waals surface area contributed by atoms with Gasteiger partial charge in [0.15, 0.2) is 0 Å². The van der Waals surface area contributed by atoms with Gasteiger partial charge in [0.05, 0.1) is 5.56 Å². The lowest BCUT2D eigenvalue weighted by atomic mass is 10.2. The van der Waals surface area contributed by atoms with E-state index in [0.29, 0.717) is 17.2 Å². The summed E-state index contributed by atoms with van der Waals surface area (Å²) in [6.45, 7) is 0.656. The molecule has 0 aliphatic carbocycles. The van der Waals surface area contributed by atoms with Crippen molar-refractivity contribution in [1.29, 1.82) is 0 Å². The van der Waals surface area contributed by atoms with E-state index in [0.717, 1.165) is 16.9 Å². The van der Waals surface area contributed by atoms with Gasteiger partial charge in [0.2, 0.25) is 0 Å². The first-order valence-corrected chi connectivity index (χ1v) is 8.12. The first-order valence-electron chi connectivity index (χ1n) is 7.74. The van der Waals surface area contributed by atoms with Crippen LogP contribution in [0.3, 0.4) is 0 Å². The first-order chi connectivity index (χ1) is 12.2. The fraction of sp³-hybridized carbons (Fsp3) is 0.100. The average molecular weight is 354 g/mol. The largest absolute Gasteiger partial charge is 0.489 e. The van der Waals surface area contributed by atoms with Gasteiger partial charge in [0.25, 0.3) is 0 Å². The maximum absolute atomic E-state index is 12.0. The summed E-state index contributed by atoms with van der Waals surface area (Å²) in [5, 5.41) is 0.582. The summed E-state index contributed by atoms with van der Waals surface area (Å²) in [6.07, 6.45) is 3.49. The second-order valence-electron chi connectivity index (χ2n) is 5.38. The Kier molecular flexibility index (Phi) is 5.65. The van der Waals surface area contributed by atoms with Crippen molar-refractivity contribution in [2.45, 2.75) is 13.2 Å². The molecule has 0 bridgehead atoms. The summed E-state index contributed by atoms with van der Waals surface area (Å²) in [6, 6.07) is 17.9. The summed E-state index contributed by atoms with van der Waals surface area (Å²) in [4.78, 5) is 16.0. The van der Waals surface area contributed by atoms with Crippen LogP contribution >= 0.6 is 11.6 Å². The summed E-state index contributed by atoms with van der Waals surface area (Å²) in [5.74, 6) is 0.366. The van der Waals surface area contributed by atoms with Crippen molar-refractivity contribution in [3.05, 3.63) is 94.8 Å². The van der Waals surface area contributed by atoms with Crippen molar-refractivity contribution in [3.8, 4) is 5.75 Å². The summed E-state index contributed by atoms with van der Waals surface area (Å²) in [5.41, 5.74) is 2.36. The smallest absolute Gasteiger partial charge is 0.338 e. The van der Waals surface area contributed by atoms with E-state index in [2.05, 4.69) is 4.98 Å². The van der Waals surface area contributed by atoms with Gasteiger partial charge < -0.3 is 9.47 Å². The number of aromatic nitrogens is 1. The van der Waals surface area contributed by atoms with Crippen LogP contribution in [0.2, 0.25) is 5.02 Å². The molecule has 25 heavy (non-hydrogen) atoms. The maximum Gasteiger partial charge on any atom is 0.338 e. The zero-order chi connectivity index (χ0) is 17.5. The normalized spacial score (nSPS) is 10.3. The van der Waals surface area contributed by atoms with Crippen LogP contribution < -0.4 is 4.74 Å². The zero-order valence-electron chi connectivity index (χ0n) is 13.4. The number of halogens is 1. The van der Waals surface area contributed by atoms with Crippen molar-refractivity contribution in [1.82, 2.24) is 4.98 Å². The van der Waals surface area contributed by atoms with Crippen LogP contribution in [0.1, 0.15) is 21.5 Å². The third-order valence-electron chi connectivity index (χ3n) is 3.50. The predicted molar refractivity (Wildman–Crippen MR) is 95.6 cm³/mol. The number of hydrogen-bond acceptors (Lipinski definition) is 4. The predicted octanol–water partition coefficient (Wildman–Crippen LogP) is 4.67. The van der Waals surface area contributed by atoms with E-state index in [-0.39, 0.29) is 12.6 Å². The molecule has 0 spiro atoms. The van der Waals surface area contributed by atoms with Crippen LogP contribution in [0.5, 0.6) is 5.75 Å². The fourth-order valence-corrected chi connectivity index (χ4v) is 2.28. The number of pyridine rings is 1. The van der Waals surface area contributed by atoms with E-state index in [9.17, 15) is 4.79 Å². The van der Waals surface area contributed by atoms with Gasteiger partial charge in [0.1, 0.15) is 19.0 Å². The third kappa shape index (κ3) is 5.06. The molecule has 4 nitrogen and oxygen atoms in total. The van der Waals surface area contributed by atoms with E-state index in [4.69, 9.17) is 21.1 Å². The lowest BCUT2D eigenvalue weighted by Gasteiger charge is -2.08. The molecular weight excluding hydrogens is 338 g/mol. The van der Waals surface area contributed by atoms with Gasteiger partial charge in [-0.15, -0.1) is 0 Å². The molecule has 2 aromatic carbocycles. The average Bonchev–Trinajstić information content (AvgIpc) is 2.67. The number of esters is 1. The van der Waals surface area contributed by atoms with Crippen LogP contribution in [0.25, 0.3) is 0 Å². The van der Waals surface area contributed by atoms with Crippen LogP contribution in [0.15, 0.2) is 73.1 Å². The highest BCUT2D eigenvalue weighted by atomic mass is 35.5. The number of carbonyl (C=O) groups excluding carboxylic acids is 1. The Bertz CT molecular complexity index is 818. The zero-order valence-corrected chi connectivity index (χ0v) is 14.1. The van der Waals surface area contributed by atoms with Crippen molar-refractivity contribution in [2.24, 2.45) is 0 Å². The molecule has 126 valence electrons. The highest BCUT2D eigenvalue weighted by Gasteiger charge is 2.07. The molecule has 3 aromatic rings. The topological polar surface area (TPSA) is 48.4 Å². The number of ether oxygens (including phenoxy) is 2. The number of rotatable bonds is 6. The monoisotopic (exact) mass is 353 g/mol. The molecule has 0 amide bonds. The highest BCUT2D eigenvalue weighted by molar-refractivity contribution is 6.30. The summed E-state index contributed by atoms with van der Waals surface area (Å²) in [7, 11) is 0. The molecule has 3 rings (SSSR count). The van der Waals surface area contributed by atoms with Gasteiger partial charge in [-0.25, -0.2) is 4.79 Å². The van der Waals surface area contributed by atoms with Crippen LogP contribution in [-0.4, -0.2) is 11.0 Å². The lowest BCUT2D eigenvalue weighted by molar-refractivity contribution is 0.0472. The van der Waals surface area contributed by atoms with Gasteiger partial charge >= 0.3 is 5.97 Å². The van der Waals surface area contributed by atoms with E-state index >= 15 is 0 Å². The minimum Gasteiger partial charge on any atom is -0.489 e. The molecule has 5 heteroatoms. The number of hydrogen-bond donors (Lipinski definition) is 0. The van der Waals surface area contributed by atoms with Crippen molar-refractivity contribution in [3.63, 3.8) is 0 Å². The van der Waals surface area contributed by atoms with E-state index in [1.807, 2.05) is 36.4 Å². The lowest BCUT2D eigenvalue weighted by Crippen LogP contribution is -2.05. The summed E-state index contributed by atoms with van der Waals surface area (Å²) < 4.78 is 11.0. The quantitative estimate of drug-likeness (QED) is 0.604. The standard InChI is InChI=1S/C20H16ClNO3/c21-18-7-5-17(6-8-18)20(23)25-13-15-3-9-19(10-4-15)24-14-16-2-1-11-22-12-16/h1-12H,13-14H2. The molecule has 0 fully saturated rings. The second-order valence-corrected chi connectivity index (χ2v) is 5.81. The number of benzene rings is 2. The Hall–Kier alpha value is -2.85. The van der Waals surface area contributed by atoms with E-state index in [1.54, 1.807) is 36.7 Å². The van der Waals surface area contributed by atoms with Crippen molar-refractivity contribution >= 4 is 17.6 Å². The Balaban J connectivity index is 1.50. The number of carbonyl (C=O) groups is 1. The molecule has 0 atom stereocenters. The molecule has 0 aliphatic rings. The van der Waals surface area contributed by atoms with Gasteiger partial charge in [-0.1, -0.05) is 29.8 Å². The molecule has 0 saturated carbocycles. The minimum atomic E-state index is -0.381. The Morgan fingerprint density at radius 1 is 0.920 bits per heavy atom. The highest BCUT2D eigenvalue weighted by Crippen LogP contribution is 2.16. The molecule has 0 unspecified atom stereocenters. The van der Waals surface area contributed by atoms with Crippen molar-refractivity contribution in [2.75, 3.05) is 0 Å². The SMILES string of the molecule is O=C(OCc1ccc(OCc2cccnc2)cc1)c1ccc(Cl)cc1. The molecule has 0 saturated heterocycles. The van der Waals surface area contributed by atoms with Gasteiger partial charge in [-0.3, -0.25) is 4.98 Å². The molecule has 1 heterocycles. The van der Waals surface area contributed by atoms with Crippen LogP contribution in [-0.2, 0) is 18.0 Å². The van der Waals surface area contributed by atoms with Crippen molar-refractivity contribution < 1.29 is 14.3 Å². The second kappa shape index (κ2) is 8.31. The maximum atomic E-state index is 12.0. The van der Waals surface area contributed by atoms with E-state index < -0.39 is 0 Å². The molecular formula is C20H16ClNO3. The van der Waals surface area contributed by atoms with E-state index in [1.165, 1.54) is 0 Å². The molecule has 0 N–H and O–H groups in total. The Labute approximate surface area is 151 Å².